The maximum Gasteiger partial charge on any atom is 0.324 e. The Balaban J connectivity index is 2.14. The number of rotatable bonds is 4. The maximum absolute atomic E-state index is 13.4. The van der Waals surface area contributed by atoms with Crippen molar-refractivity contribution >= 4 is 11.9 Å². The average Bonchev–Trinajstić information content (AvgIpc) is 3.32. The summed E-state index contributed by atoms with van der Waals surface area (Å²) in [5.74, 6) is 0.934. The third-order valence-electron chi connectivity index (χ3n) is 4.81. The standard InChI is InChI=1S/C18H22N4O3/c1-18(16(23)21-10-3-4-11-21,13-5-7-14(25-2)8-6-13)15-20-9-12-22(15)17(19)24/h5-9,12H,3-4,10-11H2,1-2H3,(H2,19,24). The van der Waals surface area contributed by atoms with Crippen LogP contribution in [0.4, 0.5) is 4.79 Å². The highest BCUT2D eigenvalue weighted by Crippen LogP contribution is 2.35. The van der Waals surface area contributed by atoms with Gasteiger partial charge in [0, 0.05) is 25.5 Å². The lowest BCUT2D eigenvalue weighted by molar-refractivity contribution is -0.134. The Morgan fingerprint density at radius 3 is 2.40 bits per heavy atom. The van der Waals surface area contributed by atoms with Crippen molar-refractivity contribution in [3.63, 3.8) is 0 Å². The average molecular weight is 342 g/mol. The fraction of sp³-hybridized carbons (Fsp3) is 0.389. The molecule has 1 aliphatic heterocycles. The van der Waals surface area contributed by atoms with Crippen LogP contribution in [0.25, 0.3) is 0 Å². The van der Waals surface area contributed by atoms with Crippen molar-refractivity contribution in [3.8, 4) is 5.75 Å². The van der Waals surface area contributed by atoms with E-state index >= 15 is 0 Å². The van der Waals surface area contributed by atoms with E-state index in [1.54, 1.807) is 26.2 Å². The van der Waals surface area contributed by atoms with Crippen LogP contribution in [0, 0.1) is 0 Å². The van der Waals surface area contributed by atoms with Gasteiger partial charge in [0.15, 0.2) is 0 Å². The predicted octanol–water partition coefficient (Wildman–Crippen LogP) is 1.75. The van der Waals surface area contributed by atoms with Crippen molar-refractivity contribution in [1.29, 1.82) is 0 Å². The van der Waals surface area contributed by atoms with E-state index in [1.165, 1.54) is 17.0 Å². The molecule has 1 atom stereocenters. The molecule has 2 heterocycles. The van der Waals surface area contributed by atoms with Crippen molar-refractivity contribution in [2.45, 2.75) is 25.2 Å². The molecule has 0 spiro atoms. The highest BCUT2D eigenvalue weighted by molar-refractivity contribution is 5.92. The van der Waals surface area contributed by atoms with E-state index in [2.05, 4.69) is 4.98 Å². The first kappa shape index (κ1) is 17.0. The summed E-state index contributed by atoms with van der Waals surface area (Å²) in [7, 11) is 1.59. The number of ether oxygens (including phenoxy) is 1. The van der Waals surface area contributed by atoms with Gasteiger partial charge < -0.3 is 15.4 Å². The zero-order valence-corrected chi connectivity index (χ0v) is 14.4. The van der Waals surface area contributed by atoms with E-state index in [9.17, 15) is 9.59 Å². The molecule has 1 aromatic carbocycles. The predicted molar refractivity (Wildman–Crippen MR) is 92.5 cm³/mol. The molecule has 7 heteroatoms. The Morgan fingerprint density at radius 1 is 1.20 bits per heavy atom. The molecule has 3 rings (SSSR count). The van der Waals surface area contributed by atoms with E-state index in [1.807, 2.05) is 17.0 Å². The second kappa shape index (κ2) is 6.58. The summed E-state index contributed by atoms with van der Waals surface area (Å²) in [5.41, 5.74) is 5.09. The lowest BCUT2D eigenvalue weighted by Crippen LogP contribution is -2.47. The molecule has 132 valence electrons. The lowest BCUT2D eigenvalue weighted by atomic mass is 9.80. The summed E-state index contributed by atoms with van der Waals surface area (Å²) in [6, 6.07) is 6.58. The minimum atomic E-state index is -1.12. The summed E-state index contributed by atoms with van der Waals surface area (Å²) >= 11 is 0. The minimum absolute atomic E-state index is 0.0798. The SMILES string of the molecule is COc1ccc(C(C)(C(=O)N2CCCC2)c2nccn2C(N)=O)cc1. The molecule has 1 unspecified atom stereocenters. The number of carbonyl (C=O) groups excluding carboxylic acids is 2. The smallest absolute Gasteiger partial charge is 0.324 e. The number of nitrogens with two attached hydrogens (primary N) is 1. The summed E-state index contributed by atoms with van der Waals surface area (Å²) in [4.78, 5) is 31.3. The van der Waals surface area contributed by atoms with Gasteiger partial charge in [0.1, 0.15) is 17.0 Å². The van der Waals surface area contributed by atoms with Gasteiger partial charge in [-0.1, -0.05) is 12.1 Å². The Bertz CT molecular complexity index is 778. The first-order valence-electron chi connectivity index (χ1n) is 8.26. The first-order valence-corrected chi connectivity index (χ1v) is 8.26. The zero-order chi connectivity index (χ0) is 18.0. The third kappa shape index (κ3) is 2.86. The van der Waals surface area contributed by atoms with Gasteiger partial charge in [0.05, 0.1) is 7.11 Å². The summed E-state index contributed by atoms with van der Waals surface area (Å²) in [6.07, 6.45) is 4.93. The topological polar surface area (TPSA) is 90.4 Å². The van der Waals surface area contributed by atoms with Gasteiger partial charge in [-0.05, 0) is 37.5 Å². The van der Waals surface area contributed by atoms with Gasteiger partial charge in [-0.2, -0.15) is 0 Å². The molecule has 25 heavy (non-hydrogen) atoms. The molecular formula is C18H22N4O3. The normalized spacial score (nSPS) is 16.5. The van der Waals surface area contributed by atoms with E-state index < -0.39 is 11.4 Å². The Labute approximate surface area is 146 Å². The molecule has 0 radical (unpaired) electrons. The van der Waals surface area contributed by atoms with Gasteiger partial charge in [0.2, 0.25) is 5.91 Å². The van der Waals surface area contributed by atoms with Crippen LogP contribution in [0.15, 0.2) is 36.7 Å². The molecule has 0 bridgehead atoms. The van der Waals surface area contributed by atoms with Gasteiger partial charge >= 0.3 is 6.03 Å². The van der Waals surface area contributed by atoms with Gasteiger partial charge in [0.25, 0.3) is 0 Å². The van der Waals surface area contributed by atoms with Crippen LogP contribution in [0.5, 0.6) is 5.75 Å². The third-order valence-corrected chi connectivity index (χ3v) is 4.81. The van der Waals surface area contributed by atoms with E-state index in [-0.39, 0.29) is 5.91 Å². The van der Waals surface area contributed by atoms with E-state index in [0.29, 0.717) is 24.7 Å². The number of primary amides is 1. The monoisotopic (exact) mass is 342 g/mol. The summed E-state index contributed by atoms with van der Waals surface area (Å²) in [6.45, 7) is 3.21. The first-order chi connectivity index (χ1) is 12.0. The quantitative estimate of drug-likeness (QED) is 0.916. The lowest BCUT2D eigenvalue weighted by Gasteiger charge is -2.32. The molecule has 2 aromatic rings. The van der Waals surface area contributed by atoms with Crippen LogP contribution in [0.2, 0.25) is 0 Å². The van der Waals surface area contributed by atoms with E-state index in [4.69, 9.17) is 10.5 Å². The number of amides is 2. The number of benzene rings is 1. The van der Waals surface area contributed by atoms with Crippen LogP contribution in [-0.4, -0.2) is 46.6 Å². The highest BCUT2D eigenvalue weighted by atomic mass is 16.5. The fourth-order valence-electron chi connectivity index (χ4n) is 3.36. The molecule has 2 amide bonds. The Hall–Kier alpha value is -2.83. The van der Waals surface area contributed by atoms with Crippen molar-refractivity contribution in [2.24, 2.45) is 5.73 Å². The number of hydrogen-bond acceptors (Lipinski definition) is 4. The van der Waals surface area contributed by atoms with Crippen molar-refractivity contribution in [3.05, 3.63) is 48.0 Å². The molecule has 0 aliphatic carbocycles. The second-order valence-corrected chi connectivity index (χ2v) is 6.31. The number of carbonyl (C=O) groups is 2. The largest absolute Gasteiger partial charge is 0.497 e. The van der Waals surface area contributed by atoms with E-state index in [0.717, 1.165) is 18.4 Å². The summed E-state index contributed by atoms with van der Waals surface area (Å²) in [5, 5.41) is 0. The second-order valence-electron chi connectivity index (χ2n) is 6.31. The Kier molecular flexibility index (Phi) is 4.48. The van der Waals surface area contributed by atoms with Crippen molar-refractivity contribution < 1.29 is 14.3 Å². The van der Waals surface area contributed by atoms with Gasteiger partial charge in [-0.15, -0.1) is 0 Å². The zero-order valence-electron chi connectivity index (χ0n) is 14.4. The fourth-order valence-corrected chi connectivity index (χ4v) is 3.36. The molecular weight excluding hydrogens is 320 g/mol. The number of imidazole rings is 1. The number of likely N-dealkylation sites (tertiary alicyclic amines) is 1. The van der Waals surface area contributed by atoms with Gasteiger partial charge in [-0.25, -0.2) is 9.78 Å². The van der Waals surface area contributed by atoms with Crippen LogP contribution in [0.3, 0.4) is 0 Å². The number of hydrogen-bond donors (Lipinski definition) is 1. The number of methoxy groups -OCH3 is 1. The maximum atomic E-state index is 13.4. The molecule has 0 saturated carbocycles. The number of nitrogens with zero attached hydrogens (tertiary/aromatic N) is 3. The molecule has 1 aromatic heterocycles. The molecule has 1 fully saturated rings. The van der Waals surface area contributed by atoms with Crippen LogP contribution >= 0.6 is 0 Å². The highest BCUT2D eigenvalue weighted by Gasteiger charge is 2.44. The van der Waals surface area contributed by atoms with Crippen molar-refractivity contribution in [2.75, 3.05) is 20.2 Å². The van der Waals surface area contributed by atoms with Crippen molar-refractivity contribution in [1.82, 2.24) is 14.5 Å². The van der Waals surface area contributed by atoms with Gasteiger partial charge in [-0.3, -0.25) is 9.36 Å². The number of aromatic nitrogens is 2. The Morgan fingerprint density at radius 2 is 1.84 bits per heavy atom. The van der Waals surface area contributed by atoms with Crippen LogP contribution in [0.1, 0.15) is 31.2 Å². The van der Waals surface area contributed by atoms with Crippen LogP contribution < -0.4 is 10.5 Å². The molecule has 2 N–H and O–H groups in total. The molecule has 1 saturated heterocycles. The molecule has 1 aliphatic rings. The molecule has 7 nitrogen and oxygen atoms in total. The summed E-state index contributed by atoms with van der Waals surface area (Å²) < 4.78 is 6.44. The minimum Gasteiger partial charge on any atom is -0.497 e. The van der Waals surface area contributed by atoms with Crippen LogP contribution in [-0.2, 0) is 10.2 Å².